The van der Waals surface area contributed by atoms with E-state index >= 15 is 0 Å². The summed E-state index contributed by atoms with van der Waals surface area (Å²) in [5, 5.41) is 5.15. The predicted octanol–water partition coefficient (Wildman–Crippen LogP) is 2.63. The molecule has 0 aromatic carbocycles. The topological polar surface area (TPSA) is 59.6 Å². The van der Waals surface area contributed by atoms with Crippen molar-refractivity contribution in [2.24, 2.45) is 10.7 Å². The zero-order chi connectivity index (χ0) is 13.9. The van der Waals surface area contributed by atoms with Gasteiger partial charge in [0.1, 0.15) is 5.60 Å². The largest absolute Gasteiger partial charge is 0.370 e. The second kappa shape index (κ2) is 7.42. The van der Waals surface area contributed by atoms with Gasteiger partial charge in [0.2, 0.25) is 0 Å². The van der Waals surface area contributed by atoms with Crippen LogP contribution in [0.2, 0.25) is 0 Å². The van der Waals surface area contributed by atoms with Crippen LogP contribution in [0.15, 0.2) is 28.6 Å². The van der Waals surface area contributed by atoms with Gasteiger partial charge in [-0.2, -0.15) is 0 Å². The van der Waals surface area contributed by atoms with E-state index in [1.54, 1.807) is 11.3 Å². The van der Waals surface area contributed by atoms with Crippen LogP contribution in [0.3, 0.4) is 0 Å². The summed E-state index contributed by atoms with van der Waals surface area (Å²) in [6, 6.07) is 2.13. The molecule has 2 rings (SSSR count). The van der Waals surface area contributed by atoms with Crippen LogP contribution in [0.25, 0.3) is 0 Å². The molecule has 2 heterocycles. The first-order valence-corrected chi connectivity index (χ1v) is 7.28. The van der Waals surface area contributed by atoms with E-state index in [2.05, 4.69) is 35.3 Å². The third-order valence-electron chi connectivity index (χ3n) is 3.19. The van der Waals surface area contributed by atoms with Crippen molar-refractivity contribution in [1.29, 1.82) is 0 Å². The Morgan fingerprint density at radius 1 is 1.65 bits per heavy atom. The molecule has 3 N–H and O–H groups in total. The van der Waals surface area contributed by atoms with Crippen molar-refractivity contribution >= 4 is 41.3 Å². The van der Waals surface area contributed by atoms with Crippen molar-refractivity contribution in [2.45, 2.75) is 25.9 Å². The fraction of sp³-hybridized carbons (Fsp3) is 0.500. The normalized spacial score (nSPS) is 21.8. The van der Waals surface area contributed by atoms with E-state index in [0.29, 0.717) is 19.0 Å². The molecule has 1 atom stereocenters. The number of rotatable bonds is 4. The van der Waals surface area contributed by atoms with Gasteiger partial charge in [-0.25, -0.2) is 0 Å². The number of guanidine groups is 1. The minimum absolute atomic E-state index is 0. The van der Waals surface area contributed by atoms with E-state index in [4.69, 9.17) is 10.5 Å². The number of nitrogens with two attached hydrogens (primary N) is 1. The summed E-state index contributed by atoms with van der Waals surface area (Å²) in [5.74, 6) is 0.440. The lowest BCUT2D eigenvalue weighted by Crippen LogP contribution is -2.38. The van der Waals surface area contributed by atoms with Gasteiger partial charge in [0.25, 0.3) is 0 Å². The first kappa shape index (κ1) is 17.5. The van der Waals surface area contributed by atoms with Gasteiger partial charge in [-0.15, -0.1) is 35.3 Å². The maximum Gasteiger partial charge on any atom is 0.188 e. The van der Waals surface area contributed by atoms with E-state index in [9.17, 15) is 0 Å². The molecule has 6 heteroatoms. The fourth-order valence-electron chi connectivity index (χ4n) is 2.12. The van der Waals surface area contributed by atoms with E-state index in [-0.39, 0.29) is 29.6 Å². The van der Waals surface area contributed by atoms with E-state index in [0.717, 1.165) is 18.6 Å². The summed E-state index contributed by atoms with van der Waals surface area (Å²) in [5.41, 5.74) is 7.76. The molecule has 0 fully saturated rings. The number of nitrogens with one attached hydrogen (secondary N) is 1. The summed E-state index contributed by atoms with van der Waals surface area (Å²) < 4.78 is 5.92. The lowest BCUT2D eigenvalue weighted by molar-refractivity contribution is -0.0375. The molecule has 1 aromatic heterocycles. The molecule has 1 unspecified atom stereocenters. The molecule has 1 aromatic rings. The molecular weight excluding hydrogens is 385 g/mol. The van der Waals surface area contributed by atoms with Gasteiger partial charge in [-0.05, 0) is 30.9 Å². The van der Waals surface area contributed by atoms with Crippen LogP contribution in [0, 0.1) is 0 Å². The molecule has 1 aliphatic rings. The third kappa shape index (κ3) is 4.20. The molecule has 1 aliphatic heterocycles. The Hall–Kier alpha value is -0.600. The van der Waals surface area contributed by atoms with Gasteiger partial charge < -0.3 is 15.8 Å². The van der Waals surface area contributed by atoms with Crippen molar-refractivity contribution in [3.05, 3.63) is 34.0 Å². The average Bonchev–Trinajstić information content (AvgIpc) is 2.84. The summed E-state index contributed by atoms with van der Waals surface area (Å²) in [6.45, 7) is 9.77. The molecule has 0 radical (unpaired) electrons. The molecule has 0 aliphatic carbocycles. The maximum atomic E-state index is 5.92. The number of aliphatic imine (C=N–C) groups is 1. The summed E-state index contributed by atoms with van der Waals surface area (Å²) in [4.78, 5) is 5.79. The van der Waals surface area contributed by atoms with Crippen molar-refractivity contribution in [3.8, 4) is 0 Å². The number of hydrogen-bond acceptors (Lipinski definition) is 3. The minimum Gasteiger partial charge on any atom is -0.370 e. The van der Waals surface area contributed by atoms with Gasteiger partial charge in [0.05, 0.1) is 13.2 Å². The highest BCUT2D eigenvalue weighted by molar-refractivity contribution is 14.0. The summed E-state index contributed by atoms with van der Waals surface area (Å²) in [7, 11) is 0. The highest BCUT2D eigenvalue weighted by Gasteiger charge is 2.33. The molecule has 0 spiro atoms. The van der Waals surface area contributed by atoms with Crippen LogP contribution in [0.1, 0.15) is 24.3 Å². The molecular formula is C14H22IN3OS. The Morgan fingerprint density at radius 2 is 2.40 bits per heavy atom. The monoisotopic (exact) mass is 407 g/mol. The molecule has 0 saturated carbocycles. The average molecular weight is 407 g/mol. The SMILES string of the molecule is C=C(C)CNC(N)=NCC1(C)OCCc2sccc21.I. The number of hydrogen-bond donors (Lipinski definition) is 2. The first-order valence-electron chi connectivity index (χ1n) is 6.40. The van der Waals surface area contributed by atoms with Gasteiger partial charge in [0.15, 0.2) is 5.96 Å². The highest BCUT2D eigenvalue weighted by Crippen LogP contribution is 2.36. The lowest BCUT2D eigenvalue weighted by atomic mass is 9.93. The number of nitrogens with zero attached hydrogens (tertiary/aromatic N) is 1. The standard InChI is InChI=1S/C14H21N3OS.HI/c1-10(2)8-16-13(15)17-9-14(3)11-5-7-19-12(11)4-6-18-14;/h5,7H,1,4,6,8-9H2,2-3H3,(H3,15,16,17);1H. The molecule has 0 amide bonds. The smallest absolute Gasteiger partial charge is 0.188 e. The Morgan fingerprint density at radius 3 is 3.10 bits per heavy atom. The summed E-state index contributed by atoms with van der Waals surface area (Å²) in [6.07, 6.45) is 0.996. The Labute approximate surface area is 141 Å². The Balaban J connectivity index is 0.00000200. The molecule has 112 valence electrons. The lowest BCUT2D eigenvalue weighted by Gasteiger charge is -2.33. The number of thiophene rings is 1. The van der Waals surface area contributed by atoms with Crippen molar-refractivity contribution < 1.29 is 4.74 Å². The second-order valence-electron chi connectivity index (χ2n) is 5.10. The Kier molecular flexibility index (Phi) is 6.47. The van der Waals surface area contributed by atoms with Gasteiger partial charge in [0, 0.05) is 17.8 Å². The third-order valence-corrected chi connectivity index (χ3v) is 4.17. The van der Waals surface area contributed by atoms with Gasteiger partial charge in [-0.1, -0.05) is 12.2 Å². The van der Waals surface area contributed by atoms with Crippen molar-refractivity contribution in [1.82, 2.24) is 5.32 Å². The first-order chi connectivity index (χ1) is 9.01. The Bertz CT molecular complexity index is 500. The van der Waals surface area contributed by atoms with Crippen LogP contribution >= 0.6 is 35.3 Å². The quantitative estimate of drug-likeness (QED) is 0.349. The van der Waals surface area contributed by atoms with Crippen LogP contribution in [0.5, 0.6) is 0 Å². The van der Waals surface area contributed by atoms with E-state index in [1.807, 2.05) is 6.92 Å². The molecule has 20 heavy (non-hydrogen) atoms. The van der Waals surface area contributed by atoms with Crippen LogP contribution in [-0.2, 0) is 16.8 Å². The van der Waals surface area contributed by atoms with Crippen molar-refractivity contribution in [2.75, 3.05) is 19.7 Å². The van der Waals surface area contributed by atoms with Crippen LogP contribution in [0.4, 0.5) is 0 Å². The number of halogens is 1. The minimum atomic E-state index is -0.358. The van der Waals surface area contributed by atoms with Crippen LogP contribution in [-0.4, -0.2) is 25.7 Å². The fourth-order valence-corrected chi connectivity index (χ4v) is 3.10. The van der Waals surface area contributed by atoms with E-state index < -0.39 is 0 Å². The van der Waals surface area contributed by atoms with Crippen molar-refractivity contribution in [3.63, 3.8) is 0 Å². The number of fused-ring (bicyclic) bond motifs is 1. The predicted molar refractivity (Wildman–Crippen MR) is 96.0 cm³/mol. The van der Waals surface area contributed by atoms with E-state index in [1.165, 1.54) is 10.4 Å². The second-order valence-corrected chi connectivity index (χ2v) is 6.10. The molecule has 0 bridgehead atoms. The van der Waals surface area contributed by atoms with Gasteiger partial charge >= 0.3 is 0 Å². The zero-order valence-corrected chi connectivity index (χ0v) is 15.1. The van der Waals surface area contributed by atoms with Gasteiger partial charge in [-0.3, -0.25) is 4.99 Å². The number of ether oxygens (including phenoxy) is 1. The molecule has 4 nitrogen and oxygen atoms in total. The zero-order valence-electron chi connectivity index (χ0n) is 11.9. The highest BCUT2D eigenvalue weighted by atomic mass is 127. The summed E-state index contributed by atoms with van der Waals surface area (Å²) >= 11 is 1.79. The van der Waals surface area contributed by atoms with Crippen LogP contribution < -0.4 is 11.1 Å². The molecule has 0 saturated heterocycles. The maximum absolute atomic E-state index is 5.92.